The molecular formula is C16H16N6O2. The van der Waals surface area contributed by atoms with Gasteiger partial charge < -0.3 is 15.6 Å². The second kappa shape index (κ2) is 5.80. The van der Waals surface area contributed by atoms with Crippen LogP contribution in [0.25, 0.3) is 10.9 Å². The van der Waals surface area contributed by atoms with E-state index >= 15 is 0 Å². The molecular weight excluding hydrogens is 308 g/mol. The van der Waals surface area contributed by atoms with Crippen molar-refractivity contribution in [3.63, 3.8) is 0 Å². The molecule has 2 amide bonds. The number of rotatable bonds is 5. The van der Waals surface area contributed by atoms with E-state index in [1.807, 2.05) is 30.5 Å². The Morgan fingerprint density at radius 1 is 1.25 bits per heavy atom. The number of benzene rings is 1. The molecule has 1 aliphatic rings. The normalized spacial score (nSPS) is 13.8. The number of hydrogen-bond acceptors (Lipinski definition) is 4. The van der Waals surface area contributed by atoms with Gasteiger partial charge in [-0.3, -0.25) is 9.59 Å². The number of carbonyl (C=O) groups excluding carboxylic acids is 2. The lowest BCUT2D eigenvalue weighted by Crippen LogP contribution is -2.19. The molecule has 0 saturated heterocycles. The molecule has 1 aliphatic carbocycles. The van der Waals surface area contributed by atoms with Gasteiger partial charge in [-0.25, -0.2) is 4.68 Å². The summed E-state index contributed by atoms with van der Waals surface area (Å²) in [5.74, 6) is 0.219. The number of anilines is 2. The molecule has 0 aliphatic heterocycles. The van der Waals surface area contributed by atoms with E-state index in [-0.39, 0.29) is 24.3 Å². The van der Waals surface area contributed by atoms with E-state index in [1.54, 1.807) is 6.20 Å². The van der Waals surface area contributed by atoms with Gasteiger partial charge in [-0.15, -0.1) is 5.10 Å². The highest BCUT2D eigenvalue weighted by molar-refractivity contribution is 5.94. The van der Waals surface area contributed by atoms with E-state index in [4.69, 9.17) is 0 Å². The zero-order valence-corrected chi connectivity index (χ0v) is 12.8. The summed E-state index contributed by atoms with van der Waals surface area (Å²) in [6.45, 7) is 0.0253. The minimum atomic E-state index is -0.213. The Hall–Kier alpha value is -3.16. The predicted molar refractivity (Wildman–Crippen MR) is 88.3 cm³/mol. The second-order valence-corrected chi connectivity index (χ2v) is 5.89. The van der Waals surface area contributed by atoms with Crippen molar-refractivity contribution in [1.29, 1.82) is 0 Å². The third kappa shape index (κ3) is 3.12. The number of H-pyrrole nitrogens is 1. The second-order valence-electron chi connectivity index (χ2n) is 5.89. The van der Waals surface area contributed by atoms with Crippen molar-refractivity contribution < 1.29 is 9.59 Å². The molecule has 2 aromatic heterocycles. The molecule has 122 valence electrons. The molecule has 0 radical (unpaired) electrons. The maximum atomic E-state index is 12.1. The molecule has 3 N–H and O–H groups in total. The fraction of sp³-hybridized carbons (Fsp3) is 0.250. The monoisotopic (exact) mass is 324 g/mol. The van der Waals surface area contributed by atoms with Crippen molar-refractivity contribution in [2.75, 3.05) is 10.6 Å². The van der Waals surface area contributed by atoms with E-state index in [9.17, 15) is 9.59 Å². The number of nitrogens with zero attached hydrogens (tertiary/aromatic N) is 3. The molecule has 24 heavy (non-hydrogen) atoms. The van der Waals surface area contributed by atoms with Gasteiger partial charge in [-0.2, -0.15) is 0 Å². The van der Waals surface area contributed by atoms with Crippen molar-refractivity contribution in [3.8, 4) is 0 Å². The highest BCUT2D eigenvalue weighted by atomic mass is 16.2. The van der Waals surface area contributed by atoms with Crippen molar-refractivity contribution in [2.45, 2.75) is 19.4 Å². The van der Waals surface area contributed by atoms with Crippen LogP contribution >= 0.6 is 0 Å². The first-order chi connectivity index (χ1) is 11.7. The first-order valence-electron chi connectivity index (χ1n) is 7.75. The minimum Gasteiger partial charge on any atom is -0.361 e. The average molecular weight is 324 g/mol. The summed E-state index contributed by atoms with van der Waals surface area (Å²) in [5.41, 5.74) is 1.73. The zero-order valence-electron chi connectivity index (χ0n) is 12.8. The molecule has 0 unspecified atom stereocenters. The van der Waals surface area contributed by atoms with Crippen molar-refractivity contribution in [3.05, 3.63) is 36.7 Å². The van der Waals surface area contributed by atoms with E-state index < -0.39 is 0 Å². The number of aromatic amines is 1. The Morgan fingerprint density at radius 3 is 2.96 bits per heavy atom. The fourth-order valence-electron chi connectivity index (χ4n) is 2.49. The average Bonchev–Trinajstić information content (AvgIpc) is 3.16. The number of aromatic nitrogens is 4. The summed E-state index contributed by atoms with van der Waals surface area (Å²) in [5, 5.41) is 14.3. The van der Waals surface area contributed by atoms with Gasteiger partial charge in [-0.05, 0) is 37.1 Å². The molecule has 0 spiro atoms. The summed E-state index contributed by atoms with van der Waals surface area (Å²) in [4.78, 5) is 26.9. The van der Waals surface area contributed by atoms with Gasteiger partial charge in [0, 0.05) is 28.7 Å². The first kappa shape index (κ1) is 14.4. The molecule has 2 heterocycles. The minimum absolute atomic E-state index is 0.0253. The third-order valence-electron chi connectivity index (χ3n) is 3.88. The summed E-state index contributed by atoms with van der Waals surface area (Å²) in [6.07, 6.45) is 5.25. The molecule has 8 nitrogen and oxygen atoms in total. The van der Waals surface area contributed by atoms with Gasteiger partial charge in [0.2, 0.25) is 11.8 Å². The summed E-state index contributed by atoms with van der Waals surface area (Å²) >= 11 is 0. The van der Waals surface area contributed by atoms with Gasteiger partial charge >= 0.3 is 0 Å². The Labute approximate surface area is 137 Å². The SMILES string of the molecule is O=C(Cn1cc(NC(=O)C2CC2)nn1)Nc1ccc2[nH]ccc2c1. The molecule has 0 atom stereocenters. The lowest BCUT2D eigenvalue weighted by Gasteiger charge is -2.05. The Morgan fingerprint density at radius 2 is 2.12 bits per heavy atom. The van der Waals surface area contributed by atoms with Crippen LogP contribution < -0.4 is 10.6 Å². The van der Waals surface area contributed by atoms with Crippen LogP contribution in [-0.4, -0.2) is 31.8 Å². The quantitative estimate of drug-likeness (QED) is 0.665. The Kier molecular flexibility index (Phi) is 3.49. The van der Waals surface area contributed by atoms with Crippen LogP contribution in [0.2, 0.25) is 0 Å². The lowest BCUT2D eigenvalue weighted by atomic mass is 10.2. The number of amides is 2. The zero-order chi connectivity index (χ0) is 16.5. The topological polar surface area (TPSA) is 105 Å². The lowest BCUT2D eigenvalue weighted by molar-refractivity contribution is -0.117. The van der Waals surface area contributed by atoms with Crippen LogP contribution in [0.15, 0.2) is 36.7 Å². The number of hydrogen-bond donors (Lipinski definition) is 3. The van der Waals surface area contributed by atoms with E-state index in [1.165, 1.54) is 4.68 Å². The molecule has 1 saturated carbocycles. The van der Waals surface area contributed by atoms with Crippen molar-refractivity contribution in [2.24, 2.45) is 5.92 Å². The van der Waals surface area contributed by atoms with E-state index in [0.29, 0.717) is 5.82 Å². The first-order valence-corrected chi connectivity index (χ1v) is 7.75. The van der Waals surface area contributed by atoms with Crippen LogP contribution in [0.4, 0.5) is 11.5 Å². The maximum absolute atomic E-state index is 12.1. The van der Waals surface area contributed by atoms with Gasteiger partial charge in [0.05, 0.1) is 6.20 Å². The third-order valence-corrected chi connectivity index (χ3v) is 3.88. The highest BCUT2D eigenvalue weighted by Gasteiger charge is 2.30. The van der Waals surface area contributed by atoms with Gasteiger partial charge in [0.25, 0.3) is 0 Å². The Bertz CT molecular complexity index is 908. The number of carbonyl (C=O) groups is 2. The van der Waals surface area contributed by atoms with Crippen LogP contribution in [-0.2, 0) is 16.1 Å². The summed E-state index contributed by atoms with van der Waals surface area (Å²) < 4.78 is 1.40. The number of nitrogens with one attached hydrogen (secondary N) is 3. The maximum Gasteiger partial charge on any atom is 0.246 e. The van der Waals surface area contributed by atoms with E-state index in [0.717, 1.165) is 29.4 Å². The van der Waals surface area contributed by atoms with Crippen molar-refractivity contribution in [1.82, 2.24) is 20.0 Å². The van der Waals surface area contributed by atoms with Gasteiger partial charge in [-0.1, -0.05) is 5.21 Å². The van der Waals surface area contributed by atoms with Gasteiger partial charge in [0.15, 0.2) is 5.82 Å². The molecule has 3 aromatic rings. The number of fused-ring (bicyclic) bond motifs is 1. The largest absolute Gasteiger partial charge is 0.361 e. The summed E-state index contributed by atoms with van der Waals surface area (Å²) in [6, 6.07) is 7.58. The molecule has 1 aromatic carbocycles. The van der Waals surface area contributed by atoms with Crippen LogP contribution in [0.5, 0.6) is 0 Å². The molecule has 4 rings (SSSR count). The van der Waals surface area contributed by atoms with Crippen LogP contribution in [0.1, 0.15) is 12.8 Å². The van der Waals surface area contributed by atoms with Crippen LogP contribution in [0, 0.1) is 5.92 Å². The summed E-state index contributed by atoms with van der Waals surface area (Å²) in [7, 11) is 0. The van der Waals surface area contributed by atoms with E-state index in [2.05, 4.69) is 25.9 Å². The molecule has 0 bridgehead atoms. The molecule has 8 heteroatoms. The smallest absolute Gasteiger partial charge is 0.246 e. The van der Waals surface area contributed by atoms with Gasteiger partial charge in [0.1, 0.15) is 6.54 Å². The van der Waals surface area contributed by atoms with Crippen LogP contribution in [0.3, 0.4) is 0 Å². The van der Waals surface area contributed by atoms with Crippen molar-refractivity contribution >= 4 is 34.2 Å². The Balaban J connectivity index is 1.36. The molecule has 1 fully saturated rings. The highest BCUT2D eigenvalue weighted by Crippen LogP contribution is 2.29. The predicted octanol–water partition coefficient (Wildman–Crippen LogP) is 1.75. The standard InChI is InChI=1S/C16H16N6O2/c23-15(18-12-3-4-13-11(7-12)5-6-17-13)9-22-8-14(20-21-22)19-16(24)10-1-2-10/h3-8,10,17H,1-2,9H2,(H,18,23)(H,19,24). The fourth-order valence-corrected chi connectivity index (χ4v) is 2.49.